The quantitative estimate of drug-likeness (QED) is 0.684. The molecule has 1 atom stereocenters. The van der Waals surface area contributed by atoms with E-state index in [1.54, 1.807) is 0 Å². The number of imidazole rings is 1. The van der Waals surface area contributed by atoms with Gasteiger partial charge in [-0.1, -0.05) is 48.2 Å². The summed E-state index contributed by atoms with van der Waals surface area (Å²) < 4.78 is 2.17. The summed E-state index contributed by atoms with van der Waals surface area (Å²) in [6.07, 6.45) is 3.25. The number of benzene rings is 2. The van der Waals surface area contributed by atoms with Crippen molar-refractivity contribution in [2.45, 2.75) is 43.9 Å². The van der Waals surface area contributed by atoms with Gasteiger partial charge in [0.05, 0.1) is 22.8 Å². The molecule has 0 saturated heterocycles. The maximum atomic E-state index is 12.5. The molecule has 0 fully saturated rings. The minimum Gasteiger partial charge on any atom is -0.349 e. The number of carbonyl (C=O) groups excluding carboxylic acids is 1. The van der Waals surface area contributed by atoms with Crippen LogP contribution >= 0.6 is 11.8 Å². The molecule has 2 aromatic carbocycles. The molecule has 1 aromatic heterocycles. The van der Waals surface area contributed by atoms with Crippen LogP contribution < -0.4 is 5.32 Å². The van der Waals surface area contributed by atoms with Gasteiger partial charge in [-0.3, -0.25) is 4.79 Å². The second-order valence-corrected chi connectivity index (χ2v) is 7.57. The Morgan fingerprint density at radius 1 is 1.23 bits per heavy atom. The molecule has 0 aliphatic heterocycles. The Kier molecular flexibility index (Phi) is 4.98. The van der Waals surface area contributed by atoms with E-state index < -0.39 is 0 Å². The Hall–Kier alpha value is -2.27. The predicted molar refractivity (Wildman–Crippen MR) is 106 cm³/mol. The van der Waals surface area contributed by atoms with Gasteiger partial charge in [-0.05, 0) is 49.4 Å². The summed E-state index contributed by atoms with van der Waals surface area (Å²) in [6, 6.07) is 16.7. The lowest BCUT2D eigenvalue weighted by atomic mass is 9.88. The van der Waals surface area contributed by atoms with E-state index in [4.69, 9.17) is 0 Å². The van der Waals surface area contributed by atoms with E-state index in [0.29, 0.717) is 5.75 Å². The van der Waals surface area contributed by atoms with Crippen molar-refractivity contribution in [1.82, 2.24) is 14.9 Å². The monoisotopic (exact) mass is 365 g/mol. The van der Waals surface area contributed by atoms with Crippen molar-refractivity contribution in [2.24, 2.45) is 0 Å². The molecule has 1 amide bonds. The van der Waals surface area contributed by atoms with Gasteiger partial charge in [0.25, 0.3) is 0 Å². The van der Waals surface area contributed by atoms with Gasteiger partial charge in [-0.2, -0.15) is 0 Å². The predicted octanol–water partition coefficient (Wildman–Crippen LogP) is 4.34. The SMILES string of the molecule is CCn1c(SCC(=O)N[C@@H]2CCCc3ccccc32)nc2ccccc21. The van der Waals surface area contributed by atoms with Gasteiger partial charge < -0.3 is 9.88 Å². The van der Waals surface area contributed by atoms with Crippen LogP contribution in [0.4, 0.5) is 0 Å². The highest BCUT2D eigenvalue weighted by atomic mass is 32.2. The number of carbonyl (C=O) groups is 1. The van der Waals surface area contributed by atoms with E-state index in [1.807, 2.05) is 18.2 Å². The normalized spacial score (nSPS) is 16.4. The van der Waals surface area contributed by atoms with E-state index in [0.717, 1.165) is 42.0 Å². The third kappa shape index (κ3) is 3.36. The van der Waals surface area contributed by atoms with Crippen LogP contribution in [0, 0.1) is 0 Å². The minimum absolute atomic E-state index is 0.0754. The molecular weight excluding hydrogens is 342 g/mol. The van der Waals surface area contributed by atoms with E-state index in [-0.39, 0.29) is 11.9 Å². The number of nitrogens with zero attached hydrogens (tertiary/aromatic N) is 2. The van der Waals surface area contributed by atoms with Crippen LogP contribution in [0.5, 0.6) is 0 Å². The number of rotatable bonds is 5. The molecule has 1 aliphatic carbocycles. The van der Waals surface area contributed by atoms with Crippen molar-refractivity contribution in [3.8, 4) is 0 Å². The first kappa shape index (κ1) is 17.2. The molecule has 0 spiro atoms. The van der Waals surface area contributed by atoms with Crippen LogP contribution in [0.2, 0.25) is 0 Å². The number of aryl methyl sites for hydroxylation is 2. The number of fused-ring (bicyclic) bond motifs is 2. The third-order valence-electron chi connectivity index (χ3n) is 4.97. The maximum absolute atomic E-state index is 12.5. The first-order valence-corrected chi connectivity index (χ1v) is 10.2. The minimum atomic E-state index is 0.0754. The van der Waals surface area contributed by atoms with Gasteiger partial charge in [0.1, 0.15) is 0 Å². The molecule has 1 aliphatic rings. The zero-order chi connectivity index (χ0) is 17.9. The van der Waals surface area contributed by atoms with Crippen LogP contribution in [-0.2, 0) is 17.8 Å². The van der Waals surface area contributed by atoms with Gasteiger partial charge in [-0.15, -0.1) is 0 Å². The Bertz CT molecular complexity index is 934. The van der Waals surface area contributed by atoms with Crippen molar-refractivity contribution in [1.29, 1.82) is 0 Å². The summed E-state index contributed by atoms with van der Waals surface area (Å²) >= 11 is 1.52. The highest BCUT2D eigenvalue weighted by Crippen LogP contribution is 2.30. The summed E-state index contributed by atoms with van der Waals surface area (Å²) in [5.41, 5.74) is 4.75. The third-order valence-corrected chi connectivity index (χ3v) is 5.95. The number of hydrogen-bond donors (Lipinski definition) is 1. The summed E-state index contributed by atoms with van der Waals surface area (Å²) in [6.45, 7) is 2.96. The molecule has 5 heteroatoms. The summed E-state index contributed by atoms with van der Waals surface area (Å²) in [7, 11) is 0. The van der Waals surface area contributed by atoms with Crippen molar-refractivity contribution in [3.63, 3.8) is 0 Å². The standard InChI is InChI=1S/C21H23N3OS/c1-2-24-19-13-6-5-11-18(19)23-21(24)26-14-20(25)22-17-12-7-9-15-8-3-4-10-16(15)17/h3-6,8,10-11,13,17H,2,7,9,12,14H2,1H3,(H,22,25)/t17-/m1/s1. The zero-order valence-electron chi connectivity index (χ0n) is 14.9. The second-order valence-electron chi connectivity index (χ2n) is 6.63. The van der Waals surface area contributed by atoms with E-state index >= 15 is 0 Å². The maximum Gasteiger partial charge on any atom is 0.230 e. The number of hydrogen-bond acceptors (Lipinski definition) is 3. The van der Waals surface area contributed by atoms with Crippen LogP contribution in [0.1, 0.15) is 36.9 Å². The molecule has 26 heavy (non-hydrogen) atoms. The Morgan fingerprint density at radius 3 is 2.92 bits per heavy atom. The molecule has 4 nitrogen and oxygen atoms in total. The first-order chi connectivity index (χ1) is 12.8. The fourth-order valence-electron chi connectivity index (χ4n) is 3.74. The number of nitrogens with one attached hydrogen (secondary N) is 1. The lowest BCUT2D eigenvalue weighted by Crippen LogP contribution is -2.32. The van der Waals surface area contributed by atoms with Crippen LogP contribution in [0.15, 0.2) is 53.7 Å². The molecule has 1 N–H and O–H groups in total. The van der Waals surface area contributed by atoms with Crippen molar-refractivity contribution in [3.05, 3.63) is 59.7 Å². The molecule has 0 unspecified atom stereocenters. The molecule has 134 valence electrons. The summed E-state index contributed by atoms with van der Waals surface area (Å²) in [4.78, 5) is 17.2. The average molecular weight is 366 g/mol. The van der Waals surface area contributed by atoms with E-state index in [1.165, 1.54) is 22.9 Å². The number of thioether (sulfide) groups is 1. The van der Waals surface area contributed by atoms with E-state index in [2.05, 4.69) is 52.1 Å². The van der Waals surface area contributed by atoms with Gasteiger partial charge in [0.2, 0.25) is 5.91 Å². The fraction of sp³-hybridized carbons (Fsp3) is 0.333. The molecule has 0 radical (unpaired) electrons. The van der Waals surface area contributed by atoms with Gasteiger partial charge in [-0.25, -0.2) is 4.98 Å². The molecule has 4 rings (SSSR count). The Balaban J connectivity index is 1.44. The Morgan fingerprint density at radius 2 is 2.04 bits per heavy atom. The Labute approximate surface area is 158 Å². The van der Waals surface area contributed by atoms with Gasteiger partial charge in [0.15, 0.2) is 5.16 Å². The number of amides is 1. The lowest BCUT2D eigenvalue weighted by Gasteiger charge is -2.26. The molecule has 3 aromatic rings. The molecule has 0 bridgehead atoms. The zero-order valence-corrected chi connectivity index (χ0v) is 15.8. The molecular formula is C21H23N3OS. The smallest absolute Gasteiger partial charge is 0.230 e. The first-order valence-electron chi connectivity index (χ1n) is 9.21. The van der Waals surface area contributed by atoms with Crippen molar-refractivity contribution >= 4 is 28.7 Å². The number of aromatic nitrogens is 2. The van der Waals surface area contributed by atoms with Crippen LogP contribution in [0.3, 0.4) is 0 Å². The highest BCUT2D eigenvalue weighted by Gasteiger charge is 2.21. The highest BCUT2D eigenvalue weighted by molar-refractivity contribution is 7.99. The topological polar surface area (TPSA) is 46.9 Å². The van der Waals surface area contributed by atoms with Crippen LogP contribution in [-0.4, -0.2) is 21.2 Å². The molecule has 1 heterocycles. The van der Waals surface area contributed by atoms with Gasteiger partial charge in [0, 0.05) is 6.54 Å². The van der Waals surface area contributed by atoms with Gasteiger partial charge >= 0.3 is 0 Å². The average Bonchev–Trinajstić information content (AvgIpc) is 3.04. The van der Waals surface area contributed by atoms with E-state index in [9.17, 15) is 4.79 Å². The van der Waals surface area contributed by atoms with Crippen LogP contribution in [0.25, 0.3) is 11.0 Å². The lowest BCUT2D eigenvalue weighted by molar-refractivity contribution is -0.119. The number of para-hydroxylation sites is 2. The largest absolute Gasteiger partial charge is 0.349 e. The fourth-order valence-corrected chi connectivity index (χ4v) is 4.63. The second kappa shape index (κ2) is 7.54. The van der Waals surface area contributed by atoms with Crippen molar-refractivity contribution in [2.75, 3.05) is 5.75 Å². The summed E-state index contributed by atoms with van der Waals surface area (Å²) in [5.74, 6) is 0.466. The summed E-state index contributed by atoms with van der Waals surface area (Å²) in [5, 5.41) is 4.13. The molecule has 0 saturated carbocycles. The van der Waals surface area contributed by atoms with Crippen molar-refractivity contribution < 1.29 is 4.79 Å².